The second-order valence-corrected chi connectivity index (χ2v) is 6.24. The first kappa shape index (κ1) is 15.4. The van der Waals surface area contributed by atoms with Gasteiger partial charge in [0.15, 0.2) is 0 Å². The minimum Gasteiger partial charge on any atom is -0.390 e. The molecule has 1 aromatic carbocycles. The Bertz CT molecular complexity index is 463. The van der Waals surface area contributed by atoms with E-state index in [-0.39, 0.29) is 0 Å². The van der Waals surface area contributed by atoms with Crippen molar-refractivity contribution in [3.63, 3.8) is 0 Å². The Morgan fingerprint density at radius 3 is 2.40 bits per heavy atom. The smallest absolute Gasteiger partial charge is 0.103 e. The minimum absolute atomic E-state index is 0.365. The summed E-state index contributed by atoms with van der Waals surface area (Å²) in [6.07, 6.45) is 0.971. The van der Waals surface area contributed by atoms with Crippen LogP contribution >= 0.6 is 12.2 Å². The van der Waals surface area contributed by atoms with E-state index in [2.05, 4.69) is 4.90 Å². The van der Waals surface area contributed by atoms with Gasteiger partial charge in [-0.2, -0.15) is 0 Å². The number of rotatable bonds is 4. The number of nitrogens with two attached hydrogens (primary N) is 1. The Morgan fingerprint density at radius 1 is 1.35 bits per heavy atom. The van der Waals surface area contributed by atoms with E-state index in [0.717, 1.165) is 37.1 Å². The van der Waals surface area contributed by atoms with Gasteiger partial charge in [0, 0.05) is 25.2 Å². The number of aliphatic hydroxyl groups is 2. The van der Waals surface area contributed by atoms with Crippen LogP contribution in [0.5, 0.6) is 0 Å². The van der Waals surface area contributed by atoms with Crippen molar-refractivity contribution < 1.29 is 10.2 Å². The summed E-state index contributed by atoms with van der Waals surface area (Å²) in [4.78, 5) is 2.55. The molecule has 1 atom stereocenters. The standard InChI is InChI=1S/C15H22N2O2S/c1-15(19)6-8-17(9-7-15)10-13(18)11-2-4-12(5-3-11)14(16)20/h2-5,13,18-19H,6-10H2,1H3,(H2,16,20). The highest BCUT2D eigenvalue weighted by Crippen LogP contribution is 2.23. The Morgan fingerprint density at radius 2 is 1.90 bits per heavy atom. The van der Waals surface area contributed by atoms with Gasteiger partial charge < -0.3 is 20.8 Å². The zero-order valence-corrected chi connectivity index (χ0v) is 12.6. The Hall–Kier alpha value is -1.01. The fourth-order valence-corrected chi connectivity index (χ4v) is 2.57. The number of nitrogens with zero attached hydrogens (tertiary/aromatic N) is 1. The molecule has 1 aliphatic rings. The molecule has 0 saturated carbocycles. The summed E-state index contributed by atoms with van der Waals surface area (Å²) < 4.78 is 0. The molecule has 0 aromatic heterocycles. The predicted molar refractivity (Wildman–Crippen MR) is 83.6 cm³/mol. The van der Waals surface area contributed by atoms with E-state index >= 15 is 0 Å². The first-order valence-corrected chi connectivity index (χ1v) is 7.31. The lowest BCUT2D eigenvalue weighted by Gasteiger charge is -2.36. The quantitative estimate of drug-likeness (QED) is 0.728. The largest absolute Gasteiger partial charge is 0.390 e. The van der Waals surface area contributed by atoms with Gasteiger partial charge in [0.2, 0.25) is 0 Å². The number of hydrogen-bond donors (Lipinski definition) is 3. The van der Waals surface area contributed by atoms with Gasteiger partial charge in [-0.15, -0.1) is 0 Å². The molecule has 0 spiro atoms. The zero-order chi connectivity index (χ0) is 14.8. The van der Waals surface area contributed by atoms with E-state index in [0.29, 0.717) is 11.5 Å². The SMILES string of the molecule is CC1(O)CCN(CC(O)c2ccc(C(N)=S)cc2)CC1. The molecule has 110 valence electrons. The average Bonchev–Trinajstić information content (AvgIpc) is 2.41. The van der Waals surface area contributed by atoms with Crippen LogP contribution in [0.25, 0.3) is 0 Å². The summed E-state index contributed by atoms with van der Waals surface area (Å²) in [6, 6.07) is 7.39. The van der Waals surface area contributed by atoms with Crippen LogP contribution in [0.15, 0.2) is 24.3 Å². The molecule has 20 heavy (non-hydrogen) atoms. The Kier molecular flexibility index (Phi) is 4.75. The molecule has 1 heterocycles. The van der Waals surface area contributed by atoms with Crippen molar-refractivity contribution in [2.75, 3.05) is 19.6 Å². The Balaban J connectivity index is 1.91. The van der Waals surface area contributed by atoms with Crippen LogP contribution in [-0.2, 0) is 0 Å². The van der Waals surface area contributed by atoms with Crippen molar-refractivity contribution in [3.8, 4) is 0 Å². The molecule has 5 heteroatoms. The van der Waals surface area contributed by atoms with E-state index in [1.807, 2.05) is 31.2 Å². The molecule has 0 bridgehead atoms. The summed E-state index contributed by atoms with van der Waals surface area (Å²) in [5.74, 6) is 0. The van der Waals surface area contributed by atoms with Crippen molar-refractivity contribution in [1.82, 2.24) is 4.90 Å². The highest BCUT2D eigenvalue weighted by molar-refractivity contribution is 7.80. The second kappa shape index (κ2) is 6.18. The molecule has 1 saturated heterocycles. The van der Waals surface area contributed by atoms with Crippen molar-refractivity contribution in [2.45, 2.75) is 31.5 Å². The maximum absolute atomic E-state index is 10.3. The van der Waals surface area contributed by atoms with Gasteiger partial charge in [-0.1, -0.05) is 36.5 Å². The fourth-order valence-electron chi connectivity index (χ4n) is 2.44. The van der Waals surface area contributed by atoms with Gasteiger partial charge in [0.05, 0.1) is 11.7 Å². The van der Waals surface area contributed by atoms with Gasteiger partial charge in [-0.05, 0) is 25.3 Å². The molecular formula is C15H22N2O2S. The highest BCUT2D eigenvalue weighted by atomic mass is 32.1. The summed E-state index contributed by atoms with van der Waals surface area (Å²) >= 11 is 4.91. The summed E-state index contributed by atoms with van der Waals surface area (Å²) in [6.45, 7) is 4.09. The molecule has 4 N–H and O–H groups in total. The van der Waals surface area contributed by atoms with E-state index in [1.54, 1.807) is 0 Å². The fraction of sp³-hybridized carbons (Fsp3) is 0.533. The van der Waals surface area contributed by atoms with Crippen LogP contribution in [0.1, 0.15) is 37.0 Å². The van der Waals surface area contributed by atoms with Gasteiger partial charge in [0.1, 0.15) is 4.99 Å². The maximum atomic E-state index is 10.3. The number of likely N-dealkylation sites (tertiary alicyclic amines) is 1. The number of aliphatic hydroxyl groups excluding tert-OH is 1. The first-order chi connectivity index (χ1) is 9.37. The first-order valence-electron chi connectivity index (χ1n) is 6.90. The molecule has 0 aliphatic carbocycles. The molecule has 1 aromatic rings. The van der Waals surface area contributed by atoms with Gasteiger partial charge in [-0.25, -0.2) is 0 Å². The third-order valence-corrected chi connectivity index (χ3v) is 4.18. The van der Waals surface area contributed by atoms with Crippen LogP contribution in [0.4, 0.5) is 0 Å². The summed E-state index contributed by atoms with van der Waals surface area (Å²) in [5, 5.41) is 20.2. The third-order valence-electron chi connectivity index (χ3n) is 3.94. The van der Waals surface area contributed by atoms with E-state index in [9.17, 15) is 10.2 Å². The number of thiocarbonyl (C=S) groups is 1. The maximum Gasteiger partial charge on any atom is 0.103 e. The monoisotopic (exact) mass is 294 g/mol. The molecule has 1 unspecified atom stereocenters. The summed E-state index contributed by atoms with van der Waals surface area (Å²) in [5.41, 5.74) is 6.67. The molecule has 0 radical (unpaired) electrons. The lowest BCUT2D eigenvalue weighted by atomic mass is 9.93. The van der Waals surface area contributed by atoms with E-state index < -0.39 is 11.7 Å². The summed E-state index contributed by atoms with van der Waals surface area (Å²) in [7, 11) is 0. The van der Waals surface area contributed by atoms with E-state index in [4.69, 9.17) is 18.0 Å². The van der Waals surface area contributed by atoms with Crippen LogP contribution in [-0.4, -0.2) is 45.3 Å². The van der Waals surface area contributed by atoms with Crippen LogP contribution in [0, 0.1) is 0 Å². The molecule has 1 aliphatic heterocycles. The van der Waals surface area contributed by atoms with E-state index in [1.165, 1.54) is 0 Å². The normalized spacial score (nSPS) is 20.6. The number of piperidine rings is 1. The van der Waals surface area contributed by atoms with Crippen LogP contribution < -0.4 is 5.73 Å². The van der Waals surface area contributed by atoms with Gasteiger partial charge >= 0.3 is 0 Å². The van der Waals surface area contributed by atoms with Crippen LogP contribution in [0.2, 0.25) is 0 Å². The Labute approximate surface area is 125 Å². The van der Waals surface area contributed by atoms with Gasteiger partial charge in [-0.3, -0.25) is 0 Å². The third kappa shape index (κ3) is 3.99. The molecule has 1 fully saturated rings. The number of hydrogen-bond acceptors (Lipinski definition) is 4. The number of benzene rings is 1. The van der Waals surface area contributed by atoms with Gasteiger partial charge in [0.25, 0.3) is 0 Å². The average molecular weight is 294 g/mol. The lowest BCUT2D eigenvalue weighted by Crippen LogP contribution is -2.43. The van der Waals surface area contributed by atoms with Crippen molar-refractivity contribution >= 4 is 17.2 Å². The zero-order valence-electron chi connectivity index (χ0n) is 11.7. The predicted octanol–water partition coefficient (Wildman–Crippen LogP) is 1.20. The van der Waals surface area contributed by atoms with Crippen molar-refractivity contribution in [3.05, 3.63) is 35.4 Å². The molecule has 0 amide bonds. The number of β-amino-alcohol motifs (C(OH)–C–C–N with tert-alkyl or cyclic N) is 1. The topological polar surface area (TPSA) is 69.7 Å². The molecule has 2 rings (SSSR count). The molecule has 4 nitrogen and oxygen atoms in total. The van der Waals surface area contributed by atoms with Crippen molar-refractivity contribution in [1.29, 1.82) is 0 Å². The second-order valence-electron chi connectivity index (χ2n) is 5.80. The molecular weight excluding hydrogens is 272 g/mol. The minimum atomic E-state index is -0.556. The van der Waals surface area contributed by atoms with Crippen LogP contribution in [0.3, 0.4) is 0 Å². The highest BCUT2D eigenvalue weighted by Gasteiger charge is 2.28. The van der Waals surface area contributed by atoms with Crippen molar-refractivity contribution in [2.24, 2.45) is 5.73 Å². The lowest BCUT2D eigenvalue weighted by molar-refractivity contribution is -0.0161.